The van der Waals surface area contributed by atoms with Crippen LogP contribution in [0.4, 0.5) is 5.69 Å². The van der Waals surface area contributed by atoms with Gasteiger partial charge in [-0.2, -0.15) is 0 Å². The number of aromatic nitrogens is 1. The van der Waals surface area contributed by atoms with Crippen molar-refractivity contribution < 1.29 is 4.79 Å². The lowest BCUT2D eigenvalue weighted by Gasteiger charge is -2.04. The van der Waals surface area contributed by atoms with Crippen LogP contribution < -0.4 is 11.1 Å². The van der Waals surface area contributed by atoms with Gasteiger partial charge in [0.25, 0.3) is 0 Å². The molecule has 1 aromatic carbocycles. The number of benzene rings is 1. The maximum atomic E-state index is 11.7. The monoisotopic (exact) mass is 275 g/mol. The number of carbonyl (C=O) groups excluding carboxylic acids is 1. The summed E-state index contributed by atoms with van der Waals surface area (Å²) in [7, 11) is 0. The number of anilines is 1. The fraction of sp³-hybridized carbons (Fsp3) is 0.286. The van der Waals surface area contributed by atoms with E-state index in [4.69, 9.17) is 5.73 Å². The zero-order chi connectivity index (χ0) is 13.7. The van der Waals surface area contributed by atoms with Gasteiger partial charge in [0.05, 0.1) is 6.54 Å². The molecule has 4 nitrogen and oxygen atoms in total. The van der Waals surface area contributed by atoms with Gasteiger partial charge in [-0.1, -0.05) is 12.1 Å². The average molecular weight is 275 g/mol. The van der Waals surface area contributed by atoms with E-state index in [0.717, 1.165) is 21.1 Å². The summed E-state index contributed by atoms with van der Waals surface area (Å²) in [6.07, 6.45) is 2.99. The Labute approximate surface area is 116 Å². The van der Waals surface area contributed by atoms with Gasteiger partial charge in [0, 0.05) is 23.2 Å². The number of nitrogens with one attached hydrogen (secondary N) is 1. The second-order valence-electron chi connectivity index (χ2n) is 4.39. The molecule has 0 atom stereocenters. The number of carbonyl (C=O) groups is 1. The van der Waals surface area contributed by atoms with Crippen LogP contribution in [0.5, 0.6) is 0 Å². The smallest absolute Gasteiger partial charge is 0.220 e. The summed E-state index contributed by atoms with van der Waals surface area (Å²) in [5, 5.41) is 3.81. The first-order valence-corrected chi connectivity index (χ1v) is 6.97. The zero-order valence-corrected chi connectivity index (χ0v) is 11.7. The molecule has 100 valence electrons. The van der Waals surface area contributed by atoms with Crippen LogP contribution in [0.15, 0.2) is 30.5 Å². The van der Waals surface area contributed by atoms with E-state index in [9.17, 15) is 4.79 Å². The Morgan fingerprint density at radius 1 is 1.47 bits per heavy atom. The van der Waals surface area contributed by atoms with Crippen molar-refractivity contribution in [3.8, 4) is 0 Å². The molecule has 0 radical (unpaired) electrons. The molecule has 0 aliphatic rings. The first-order valence-electron chi connectivity index (χ1n) is 6.16. The van der Waals surface area contributed by atoms with Gasteiger partial charge in [-0.15, -0.1) is 11.3 Å². The summed E-state index contributed by atoms with van der Waals surface area (Å²) in [4.78, 5) is 17.1. The molecule has 3 N–H and O–H groups in total. The fourth-order valence-electron chi connectivity index (χ4n) is 1.75. The first-order chi connectivity index (χ1) is 9.13. The highest BCUT2D eigenvalue weighted by atomic mass is 32.1. The largest absolute Gasteiger partial charge is 0.399 e. The lowest BCUT2D eigenvalue weighted by molar-refractivity contribution is -0.121. The van der Waals surface area contributed by atoms with Gasteiger partial charge in [-0.3, -0.25) is 4.79 Å². The first kappa shape index (κ1) is 13.5. The maximum Gasteiger partial charge on any atom is 0.220 e. The van der Waals surface area contributed by atoms with Crippen molar-refractivity contribution in [1.82, 2.24) is 10.3 Å². The van der Waals surface area contributed by atoms with E-state index in [-0.39, 0.29) is 5.91 Å². The van der Waals surface area contributed by atoms with Crippen molar-refractivity contribution in [2.75, 3.05) is 5.73 Å². The van der Waals surface area contributed by atoms with Crippen molar-refractivity contribution in [3.63, 3.8) is 0 Å². The summed E-state index contributed by atoms with van der Waals surface area (Å²) in [6.45, 7) is 2.51. The predicted octanol–water partition coefficient (Wildman–Crippen LogP) is 2.28. The molecule has 19 heavy (non-hydrogen) atoms. The lowest BCUT2D eigenvalue weighted by Crippen LogP contribution is -2.22. The lowest BCUT2D eigenvalue weighted by atomic mass is 10.1. The maximum absolute atomic E-state index is 11.7. The van der Waals surface area contributed by atoms with Gasteiger partial charge in [-0.25, -0.2) is 4.98 Å². The summed E-state index contributed by atoms with van der Waals surface area (Å²) < 4.78 is 0. The van der Waals surface area contributed by atoms with Crippen molar-refractivity contribution in [2.45, 2.75) is 26.3 Å². The van der Waals surface area contributed by atoms with Gasteiger partial charge in [-0.05, 0) is 31.0 Å². The number of nitrogens with two attached hydrogens (primary N) is 1. The Morgan fingerprint density at radius 2 is 2.32 bits per heavy atom. The number of hydrogen-bond donors (Lipinski definition) is 2. The topological polar surface area (TPSA) is 68.0 Å². The number of nitrogen functional groups attached to an aromatic ring is 1. The Kier molecular flexibility index (Phi) is 4.52. The van der Waals surface area contributed by atoms with Crippen molar-refractivity contribution >= 4 is 22.9 Å². The van der Waals surface area contributed by atoms with Gasteiger partial charge >= 0.3 is 0 Å². The number of nitrogens with zero attached hydrogens (tertiary/aromatic N) is 1. The number of aryl methyl sites for hydroxylation is 2. The van der Waals surface area contributed by atoms with Crippen LogP contribution in [0.3, 0.4) is 0 Å². The molecule has 0 saturated heterocycles. The van der Waals surface area contributed by atoms with Gasteiger partial charge in [0.1, 0.15) is 5.01 Å². The molecule has 1 aromatic heterocycles. The summed E-state index contributed by atoms with van der Waals surface area (Å²) in [6, 6.07) is 7.63. The third-order valence-electron chi connectivity index (χ3n) is 2.70. The predicted molar refractivity (Wildman–Crippen MR) is 77.9 cm³/mol. The molecule has 0 aliphatic carbocycles. The number of rotatable bonds is 5. The minimum absolute atomic E-state index is 0.0373. The van der Waals surface area contributed by atoms with Crippen LogP contribution in [-0.4, -0.2) is 10.9 Å². The summed E-state index contributed by atoms with van der Waals surface area (Å²) in [5.41, 5.74) is 7.51. The van der Waals surface area contributed by atoms with E-state index in [2.05, 4.69) is 10.3 Å². The third-order valence-corrected chi connectivity index (χ3v) is 3.61. The molecule has 2 rings (SSSR count). The Bertz CT molecular complexity index is 565. The van der Waals surface area contributed by atoms with E-state index in [0.29, 0.717) is 19.4 Å². The highest BCUT2D eigenvalue weighted by Crippen LogP contribution is 2.11. The molecule has 1 amide bonds. The number of amides is 1. The van der Waals surface area contributed by atoms with Crippen molar-refractivity contribution in [1.29, 1.82) is 0 Å². The van der Waals surface area contributed by atoms with E-state index in [1.165, 1.54) is 0 Å². The van der Waals surface area contributed by atoms with E-state index >= 15 is 0 Å². The second kappa shape index (κ2) is 6.33. The molecular formula is C14H17N3OS. The van der Waals surface area contributed by atoms with Gasteiger partial charge in [0.2, 0.25) is 5.91 Å². The van der Waals surface area contributed by atoms with Crippen LogP contribution in [0.1, 0.15) is 21.9 Å². The Morgan fingerprint density at radius 3 is 3.00 bits per heavy atom. The normalized spacial score (nSPS) is 10.4. The molecule has 2 aromatic rings. The van der Waals surface area contributed by atoms with E-state index in [1.807, 2.05) is 37.4 Å². The zero-order valence-electron chi connectivity index (χ0n) is 10.8. The van der Waals surface area contributed by atoms with Gasteiger partial charge in [0.15, 0.2) is 0 Å². The fourth-order valence-corrected chi connectivity index (χ4v) is 2.48. The highest BCUT2D eigenvalue weighted by molar-refractivity contribution is 7.11. The Hall–Kier alpha value is -1.88. The van der Waals surface area contributed by atoms with Crippen LogP contribution >= 0.6 is 11.3 Å². The molecule has 0 unspecified atom stereocenters. The van der Waals surface area contributed by atoms with Crippen LogP contribution in [0.2, 0.25) is 0 Å². The average Bonchev–Trinajstić information content (AvgIpc) is 2.80. The minimum Gasteiger partial charge on any atom is -0.399 e. The SMILES string of the molecule is Cc1cnc(CNC(=O)CCc2cccc(N)c2)s1. The minimum atomic E-state index is 0.0373. The van der Waals surface area contributed by atoms with Gasteiger partial charge < -0.3 is 11.1 Å². The molecular weight excluding hydrogens is 258 g/mol. The van der Waals surface area contributed by atoms with Crippen molar-refractivity contribution in [2.24, 2.45) is 0 Å². The molecule has 5 heteroatoms. The standard InChI is InChI=1S/C14H17N3OS/c1-10-8-17-14(19-10)9-16-13(18)6-5-11-3-2-4-12(15)7-11/h2-4,7-8H,5-6,9,15H2,1H3,(H,16,18). The molecule has 0 fully saturated rings. The van der Waals surface area contributed by atoms with Crippen LogP contribution in [-0.2, 0) is 17.8 Å². The molecule has 0 aliphatic heterocycles. The molecule has 0 bridgehead atoms. The third kappa shape index (κ3) is 4.37. The summed E-state index contributed by atoms with van der Waals surface area (Å²) >= 11 is 1.60. The van der Waals surface area contributed by atoms with E-state index < -0.39 is 0 Å². The Balaban J connectivity index is 1.75. The number of hydrogen-bond acceptors (Lipinski definition) is 4. The van der Waals surface area contributed by atoms with Crippen molar-refractivity contribution in [3.05, 3.63) is 45.9 Å². The quantitative estimate of drug-likeness (QED) is 0.823. The molecule has 0 saturated carbocycles. The van der Waals surface area contributed by atoms with E-state index in [1.54, 1.807) is 11.3 Å². The molecule has 1 heterocycles. The van der Waals surface area contributed by atoms with Crippen LogP contribution in [0.25, 0.3) is 0 Å². The highest BCUT2D eigenvalue weighted by Gasteiger charge is 2.04. The number of thiazole rings is 1. The second-order valence-corrected chi connectivity index (χ2v) is 5.71. The summed E-state index contributed by atoms with van der Waals surface area (Å²) in [5.74, 6) is 0.0373. The molecule has 0 spiro atoms. The van der Waals surface area contributed by atoms with Crippen LogP contribution in [0, 0.1) is 6.92 Å².